The molecule has 0 radical (unpaired) electrons. The lowest BCUT2D eigenvalue weighted by Crippen LogP contribution is -1.82. The van der Waals surface area contributed by atoms with E-state index in [0.717, 1.165) is 0 Å². The number of hydrogen-bond acceptors (Lipinski definition) is 0. The van der Waals surface area contributed by atoms with Gasteiger partial charge in [-0.2, -0.15) is 0 Å². The van der Waals surface area contributed by atoms with Crippen LogP contribution in [-0.2, 0) is 0 Å². The van der Waals surface area contributed by atoms with E-state index in [2.05, 4.69) is 154 Å². The van der Waals surface area contributed by atoms with Crippen molar-refractivity contribution < 1.29 is 0 Å². The molecule has 0 fully saturated rings. The van der Waals surface area contributed by atoms with Crippen LogP contribution in [0.1, 0.15) is 55.4 Å². The van der Waals surface area contributed by atoms with Crippen molar-refractivity contribution in [3.8, 4) is 22.3 Å². The summed E-state index contributed by atoms with van der Waals surface area (Å²) in [5.74, 6) is 0. The van der Waals surface area contributed by atoms with Gasteiger partial charge in [0.15, 0.2) is 0 Å². The van der Waals surface area contributed by atoms with Crippen molar-refractivity contribution in [1.82, 2.24) is 8.80 Å². The Morgan fingerprint density at radius 1 is 0.269 bits per heavy atom. The van der Waals surface area contributed by atoms with E-state index in [1.165, 1.54) is 98.4 Å². The number of benzene rings is 7. The lowest BCUT2D eigenvalue weighted by Gasteiger charge is -2.05. The van der Waals surface area contributed by atoms with Gasteiger partial charge in [0.25, 0.3) is 0 Å². The molecule has 0 amide bonds. The number of aromatic nitrogens is 2. The summed E-state index contributed by atoms with van der Waals surface area (Å²) in [5.41, 5.74) is 12.7. The van der Waals surface area contributed by atoms with E-state index in [0.29, 0.717) is 0 Å². The average Bonchev–Trinajstić information content (AvgIpc) is 3.97. The average molecular weight is 677 g/mol. The first-order valence-electron chi connectivity index (χ1n) is 19.3. The zero-order valence-corrected chi connectivity index (χ0v) is 31.8. The molecule has 0 bridgehead atoms. The Bertz CT molecular complexity index is 2700. The van der Waals surface area contributed by atoms with Crippen LogP contribution in [0.2, 0.25) is 0 Å². The van der Waals surface area contributed by atoms with Crippen LogP contribution in [0.5, 0.6) is 0 Å². The van der Waals surface area contributed by atoms with E-state index in [1.54, 1.807) is 0 Å². The van der Waals surface area contributed by atoms with Crippen LogP contribution in [0.25, 0.3) is 98.4 Å². The van der Waals surface area contributed by atoms with Crippen LogP contribution in [0.15, 0.2) is 146 Å². The van der Waals surface area contributed by atoms with E-state index in [9.17, 15) is 0 Å². The lowest BCUT2D eigenvalue weighted by atomic mass is 9.96. The fourth-order valence-corrected chi connectivity index (χ4v) is 8.20. The topological polar surface area (TPSA) is 8.82 Å². The Labute approximate surface area is 307 Å². The molecule has 4 aromatic heterocycles. The van der Waals surface area contributed by atoms with E-state index >= 15 is 0 Å². The van der Waals surface area contributed by atoms with Crippen molar-refractivity contribution in [2.24, 2.45) is 0 Å². The van der Waals surface area contributed by atoms with Crippen LogP contribution in [0.4, 0.5) is 0 Å². The highest BCUT2D eigenvalue weighted by Crippen LogP contribution is 2.52. The van der Waals surface area contributed by atoms with Gasteiger partial charge in [-0.1, -0.05) is 177 Å². The number of hydrogen-bond donors (Lipinski definition) is 0. The molecular formula is C50H48N2. The third kappa shape index (κ3) is 4.85. The first-order valence-corrected chi connectivity index (χ1v) is 19.3. The molecule has 11 aromatic rings. The van der Waals surface area contributed by atoms with Crippen LogP contribution in [-0.4, -0.2) is 8.80 Å². The van der Waals surface area contributed by atoms with Gasteiger partial charge in [-0.3, -0.25) is 0 Å². The Balaban J connectivity index is 0.000000495. The highest BCUT2D eigenvalue weighted by atomic mass is 14.9. The normalized spacial score (nSPS) is 11.1. The second-order valence-corrected chi connectivity index (χ2v) is 12.1. The third-order valence-corrected chi connectivity index (χ3v) is 9.95. The first kappa shape index (κ1) is 34.6. The molecule has 258 valence electrons. The maximum absolute atomic E-state index is 2.54. The monoisotopic (exact) mass is 676 g/mol. The maximum Gasteiger partial charge on any atom is 0.0634 e. The summed E-state index contributed by atoms with van der Waals surface area (Å²) in [6.07, 6.45) is 0. The van der Waals surface area contributed by atoms with Gasteiger partial charge in [0.05, 0.1) is 33.1 Å². The van der Waals surface area contributed by atoms with Crippen molar-refractivity contribution in [1.29, 1.82) is 0 Å². The number of rotatable bonds is 2. The predicted octanol–water partition coefficient (Wildman–Crippen LogP) is 15.4. The molecule has 0 aliphatic rings. The molecule has 0 saturated heterocycles. The quantitative estimate of drug-likeness (QED) is 0.172. The zero-order valence-electron chi connectivity index (χ0n) is 31.8. The zero-order chi connectivity index (χ0) is 36.5. The summed E-state index contributed by atoms with van der Waals surface area (Å²) in [4.78, 5) is 0. The maximum atomic E-state index is 2.54. The Hall–Kier alpha value is -5.86. The summed E-state index contributed by atoms with van der Waals surface area (Å²) in [7, 11) is 0. The molecule has 0 atom stereocenters. The summed E-state index contributed by atoms with van der Waals surface area (Å²) < 4.78 is 5.08. The molecule has 0 unspecified atom stereocenters. The predicted molar refractivity (Wildman–Crippen MR) is 232 cm³/mol. The van der Waals surface area contributed by atoms with E-state index in [4.69, 9.17) is 0 Å². The van der Waals surface area contributed by atoms with Crippen molar-refractivity contribution in [3.05, 3.63) is 146 Å². The van der Waals surface area contributed by atoms with Crippen molar-refractivity contribution in [3.63, 3.8) is 0 Å². The fraction of sp³-hybridized carbons (Fsp3) is 0.160. The van der Waals surface area contributed by atoms with Crippen LogP contribution >= 0.6 is 0 Å². The number of para-hydroxylation sites is 2. The minimum Gasteiger partial charge on any atom is -0.308 e. The molecule has 7 aromatic carbocycles. The van der Waals surface area contributed by atoms with Crippen molar-refractivity contribution >= 4 is 76.2 Å². The van der Waals surface area contributed by atoms with E-state index in [1.807, 2.05) is 55.4 Å². The second-order valence-electron chi connectivity index (χ2n) is 12.1. The smallest absolute Gasteiger partial charge is 0.0634 e. The van der Waals surface area contributed by atoms with Gasteiger partial charge in [-0.15, -0.1) is 0 Å². The highest BCUT2D eigenvalue weighted by Gasteiger charge is 2.28. The molecule has 2 nitrogen and oxygen atoms in total. The molecule has 52 heavy (non-hydrogen) atoms. The molecule has 0 N–H and O–H groups in total. The molecule has 2 heteroatoms. The molecule has 0 saturated carbocycles. The van der Waals surface area contributed by atoms with Gasteiger partial charge >= 0.3 is 0 Å². The summed E-state index contributed by atoms with van der Waals surface area (Å²) in [6.45, 7) is 16.0. The van der Waals surface area contributed by atoms with E-state index in [-0.39, 0.29) is 0 Å². The molecule has 0 aliphatic heterocycles. The van der Waals surface area contributed by atoms with Gasteiger partial charge < -0.3 is 8.80 Å². The second kappa shape index (κ2) is 14.4. The summed E-state index contributed by atoms with van der Waals surface area (Å²) in [6, 6.07) is 53.5. The third-order valence-electron chi connectivity index (χ3n) is 9.95. The molecule has 11 rings (SSSR count). The largest absolute Gasteiger partial charge is 0.308 e. The highest BCUT2D eigenvalue weighted by molar-refractivity contribution is 6.45. The van der Waals surface area contributed by atoms with Gasteiger partial charge in [-0.25, -0.2) is 0 Å². The summed E-state index contributed by atoms with van der Waals surface area (Å²) >= 11 is 0. The minimum atomic E-state index is 1.24. The Morgan fingerprint density at radius 3 is 0.942 bits per heavy atom. The van der Waals surface area contributed by atoms with Crippen molar-refractivity contribution in [2.75, 3.05) is 0 Å². The molecule has 4 heterocycles. The van der Waals surface area contributed by atoms with Crippen LogP contribution < -0.4 is 0 Å². The van der Waals surface area contributed by atoms with E-state index < -0.39 is 0 Å². The van der Waals surface area contributed by atoms with Gasteiger partial charge in [0.2, 0.25) is 0 Å². The number of fused-ring (bicyclic) bond motifs is 14. The fourth-order valence-electron chi connectivity index (χ4n) is 8.20. The van der Waals surface area contributed by atoms with Crippen LogP contribution in [0, 0.1) is 0 Å². The van der Waals surface area contributed by atoms with Gasteiger partial charge in [-0.05, 0) is 46.5 Å². The Morgan fingerprint density at radius 2 is 0.577 bits per heavy atom. The van der Waals surface area contributed by atoms with Crippen LogP contribution in [0.3, 0.4) is 0 Å². The SMILES string of the molecule is CC.CC.CC.CC.c1ccc(-c2ccc3c4c5c6ccccc6n6c7cc(-c8ccccc8)ccc7c(c7c8ccccc8n(c3c2)c74)c56)cc1. The molecule has 0 aliphatic carbocycles. The number of nitrogens with zero attached hydrogens (tertiary/aromatic N) is 2. The van der Waals surface area contributed by atoms with Crippen molar-refractivity contribution in [2.45, 2.75) is 55.4 Å². The first-order chi connectivity index (χ1) is 25.9. The lowest BCUT2D eigenvalue weighted by molar-refractivity contribution is 1.37. The Kier molecular flexibility index (Phi) is 9.58. The van der Waals surface area contributed by atoms with Gasteiger partial charge in [0.1, 0.15) is 0 Å². The molecule has 0 spiro atoms. The molecular weight excluding hydrogens is 629 g/mol. The minimum absolute atomic E-state index is 1.24. The standard InChI is InChI=1S/C42H24N2.4C2H6/c1-3-11-25(12-4-1)27-19-21-31-35(23-27)43-33-17-9-7-15-29(33)38-40-32-22-20-28(26-13-5-2-6-14-26)24-36(32)44-34-18-10-8-16-30(34)37(42(40)44)39(31)41(38)43;4*1-2/h1-24H;4*1-2H3. The van der Waals surface area contributed by atoms with Gasteiger partial charge in [0, 0.05) is 43.1 Å². The summed E-state index contributed by atoms with van der Waals surface area (Å²) in [5, 5.41) is 10.7.